The molecule has 32 heavy (non-hydrogen) atoms. The van der Waals surface area contributed by atoms with Gasteiger partial charge in [0.25, 0.3) is 0 Å². The van der Waals surface area contributed by atoms with E-state index >= 15 is 0 Å². The van der Waals surface area contributed by atoms with Gasteiger partial charge in [0, 0.05) is 26.1 Å². The number of sulfonamides is 1. The minimum atomic E-state index is -4.07. The molecular weight excluding hydrogens is 459 g/mol. The summed E-state index contributed by atoms with van der Waals surface area (Å²) in [5, 5.41) is -0.598. The van der Waals surface area contributed by atoms with Gasteiger partial charge in [0.2, 0.25) is 15.9 Å². The van der Waals surface area contributed by atoms with Crippen molar-refractivity contribution in [1.82, 2.24) is 9.62 Å². The van der Waals surface area contributed by atoms with Crippen LogP contribution in [-0.2, 0) is 24.7 Å². The van der Waals surface area contributed by atoms with Crippen molar-refractivity contribution in [3.05, 3.63) is 54.3 Å². The molecule has 3 rings (SSSR count). The van der Waals surface area contributed by atoms with E-state index in [1.54, 1.807) is 12.1 Å². The number of rotatable bonds is 8. The van der Waals surface area contributed by atoms with Gasteiger partial charge in [0.1, 0.15) is 16.5 Å². The summed E-state index contributed by atoms with van der Waals surface area (Å²) in [6.45, 7) is 0.345. The molecule has 0 unspecified atom stereocenters. The highest BCUT2D eigenvalue weighted by atomic mass is 32.2. The van der Waals surface area contributed by atoms with Crippen LogP contribution in [0.2, 0.25) is 0 Å². The topological polar surface area (TPSA) is 110 Å². The van der Waals surface area contributed by atoms with Crippen LogP contribution >= 0.6 is 0 Å². The average Bonchev–Trinajstić information content (AvgIpc) is 2.79. The van der Waals surface area contributed by atoms with E-state index in [2.05, 4.69) is 4.72 Å². The third-order valence-corrected chi connectivity index (χ3v) is 9.15. The first-order chi connectivity index (χ1) is 15.1. The van der Waals surface area contributed by atoms with Crippen LogP contribution in [0.25, 0.3) is 0 Å². The molecule has 0 saturated carbocycles. The summed E-state index contributed by atoms with van der Waals surface area (Å²) >= 11 is 0. The Labute approximate surface area is 187 Å². The predicted molar refractivity (Wildman–Crippen MR) is 116 cm³/mol. The molecule has 0 radical (unpaired) electrons. The lowest BCUT2D eigenvalue weighted by molar-refractivity contribution is -0.131. The van der Waals surface area contributed by atoms with Crippen LogP contribution in [0, 0.1) is 5.82 Å². The molecule has 174 valence electrons. The SMILES string of the molecule is COc1ccc(S(=O)(=O)C2CCN(C(=O)CCNS(=O)(=O)c3ccccc3F)CC2)cc1. The molecular formula is C21H25FN2O6S2. The molecule has 8 nitrogen and oxygen atoms in total. The fraction of sp³-hybridized carbons (Fsp3) is 0.381. The second-order valence-electron chi connectivity index (χ2n) is 7.38. The molecule has 1 N–H and O–H groups in total. The first-order valence-corrected chi connectivity index (χ1v) is 13.1. The number of ether oxygens (including phenoxy) is 1. The number of nitrogens with one attached hydrogen (secondary N) is 1. The Kier molecular flexibility index (Phi) is 7.52. The Morgan fingerprint density at radius 2 is 1.69 bits per heavy atom. The van der Waals surface area contributed by atoms with Gasteiger partial charge in [-0.1, -0.05) is 12.1 Å². The molecule has 2 aromatic carbocycles. The summed E-state index contributed by atoms with van der Waals surface area (Å²) in [5.41, 5.74) is 0. The molecule has 0 spiro atoms. The number of carbonyl (C=O) groups excluding carboxylic acids is 1. The number of piperidine rings is 1. The number of sulfone groups is 1. The monoisotopic (exact) mass is 484 g/mol. The van der Waals surface area contributed by atoms with Crippen LogP contribution in [0.3, 0.4) is 0 Å². The van der Waals surface area contributed by atoms with Crippen LogP contribution in [-0.4, -0.2) is 59.6 Å². The number of halogens is 1. The van der Waals surface area contributed by atoms with Gasteiger partial charge in [-0.3, -0.25) is 4.79 Å². The van der Waals surface area contributed by atoms with Gasteiger partial charge in [0.05, 0.1) is 17.3 Å². The fourth-order valence-corrected chi connectivity index (χ4v) is 6.40. The summed E-state index contributed by atoms with van der Waals surface area (Å²) in [6, 6.07) is 11.2. The van der Waals surface area contributed by atoms with E-state index in [0.29, 0.717) is 18.6 Å². The third kappa shape index (κ3) is 5.45. The summed E-state index contributed by atoms with van der Waals surface area (Å²) in [7, 11) is -6.09. The zero-order chi connectivity index (χ0) is 23.4. The van der Waals surface area contributed by atoms with Crippen molar-refractivity contribution in [2.75, 3.05) is 26.7 Å². The molecule has 0 atom stereocenters. The fourth-order valence-electron chi connectivity index (χ4n) is 3.56. The minimum absolute atomic E-state index is 0.108. The maximum absolute atomic E-state index is 13.7. The molecule has 1 heterocycles. The number of methoxy groups -OCH3 is 1. The van der Waals surface area contributed by atoms with Gasteiger partial charge in [-0.25, -0.2) is 25.9 Å². The van der Waals surface area contributed by atoms with E-state index in [4.69, 9.17) is 4.74 Å². The second-order valence-corrected chi connectivity index (χ2v) is 11.3. The quantitative estimate of drug-likeness (QED) is 0.614. The zero-order valence-corrected chi connectivity index (χ0v) is 19.2. The van der Waals surface area contributed by atoms with E-state index in [9.17, 15) is 26.0 Å². The van der Waals surface area contributed by atoms with Crippen molar-refractivity contribution in [3.63, 3.8) is 0 Å². The number of hydrogen-bond donors (Lipinski definition) is 1. The third-order valence-electron chi connectivity index (χ3n) is 5.38. The first-order valence-electron chi connectivity index (χ1n) is 10.0. The molecule has 0 aliphatic carbocycles. The van der Waals surface area contributed by atoms with Gasteiger partial charge in [0.15, 0.2) is 9.84 Å². The predicted octanol–water partition coefficient (Wildman–Crippen LogP) is 1.97. The van der Waals surface area contributed by atoms with E-state index in [0.717, 1.165) is 12.1 Å². The van der Waals surface area contributed by atoms with Gasteiger partial charge in [-0.15, -0.1) is 0 Å². The molecule has 1 saturated heterocycles. The van der Waals surface area contributed by atoms with E-state index in [1.807, 2.05) is 0 Å². The molecule has 1 aliphatic heterocycles. The Balaban J connectivity index is 1.51. The summed E-state index contributed by atoms with van der Waals surface area (Å²) in [5.74, 6) is -0.594. The highest BCUT2D eigenvalue weighted by molar-refractivity contribution is 7.92. The van der Waals surface area contributed by atoms with Gasteiger partial charge in [-0.2, -0.15) is 0 Å². The number of hydrogen-bond acceptors (Lipinski definition) is 6. The normalized spacial score (nSPS) is 15.5. The Morgan fingerprint density at radius 3 is 2.28 bits per heavy atom. The largest absolute Gasteiger partial charge is 0.497 e. The molecule has 1 aliphatic rings. The van der Waals surface area contributed by atoms with Gasteiger partial charge in [-0.05, 0) is 49.2 Å². The molecule has 11 heteroatoms. The lowest BCUT2D eigenvalue weighted by atomic mass is 10.1. The van der Waals surface area contributed by atoms with Crippen LogP contribution in [0.5, 0.6) is 5.75 Å². The molecule has 0 bridgehead atoms. The van der Waals surface area contributed by atoms with E-state index in [1.165, 1.54) is 36.3 Å². The van der Waals surface area contributed by atoms with E-state index in [-0.39, 0.29) is 36.9 Å². The average molecular weight is 485 g/mol. The van der Waals surface area contributed by atoms with Crippen molar-refractivity contribution < 1.29 is 30.8 Å². The number of amides is 1. The van der Waals surface area contributed by atoms with Crippen LogP contribution in [0.15, 0.2) is 58.3 Å². The summed E-state index contributed by atoms with van der Waals surface area (Å²) in [6.07, 6.45) is 0.478. The smallest absolute Gasteiger partial charge is 0.243 e. The number of nitrogens with zero attached hydrogens (tertiary/aromatic N) is 1. The Hall–Kier alpha value is -2.50. The van der Waals surface area contributed by atoms with E-state index < -0.39 is 35.8 Å². The van der Waals surface area contributed by atoms with Gasteiger partial charge >= 0.3 is 0 Å². The van der Waals surface area contributed by atoms with Crippen molar-refractivity contribution >= 4 is 25.8 Å². The minimum Gasteiger partial charge on any atom is -0.497 e. The van der Waals surface area contributed by atoms with Crippen molar-refractivity contribution in [2.24, 2.45) is 0 Å². The Bertz CT molecular complexity index is 1160. The number of benzene rings is 2. The lowest BCUT2D eigenvalue weighted by Gasteiger charge is -2.32. The zero-order valence-electron chi connectivity index (χ0n) is 17.5. The number of carbonyl (C=O) groups is 1. The van der Waals surface area contributed by atoms with Crippen molar-refractivity contribution in [3.8, 4) is 5.75 Å². The standard InChI is InChI=1S/C21H25FN2O6S2/c1-30-16-6-8-17(9-7-16)31(26,27)18-11-14-24(15-12-18)21(25)10-13-23-32(28,29)20-5-3-2-4-19(20)22/h2-9,18,23H,10-15H2,1H3. The maximum atomic E-state index is 13.7. The van der Waals surface area contributed by atoms with Crippen LogP contribution in [0.4, 0.5) is 4.39 Å². The van der Waals surface area contributed by atoms with Crippen LogP contribution in [0.1, 0.15) is 19.3 Å². The summed E-state index contributed by atoms with van der Waals surface area (Å²) < 4.78 is 71.1. The highest BCUT2D eigenvalue weighted by Gasteiger charge is 2.32. The first kappa shape index (κ1) is 24.1. The molecule has 1 fully saturated rings. The molecule has 2 aromatic rings. The van der Waals surface area contributed by atoms with Crippen LogP contribution < -0.4 is 9.46 Å². The van der Waals surface area contributed by atoms with Crippen molar-refractivity contribution in [1.29, 1.82) is 0 Å². The number of likely N-dealkylation sites (tertiary alicyclic amines) is 1. The Morgan fingerprint density at radius 1 is 1.06 bits per heavy atom. The maximum Gasteiger partial charge on any atom is 0.243 e. The second kappa shape index (κ2) is 9.97. The molecule has 0 aromatic heterocycles. The van der Waals surface area contributed by atoms with Gasteiger partial charge < -0.3 is 9.64 Å². The highest BCUT2D eigenvalue weighted by Crippen LogP contribution is 2.26. The van der Waals surface area contributed by atoms with Crippen molar-refractivity contribution in [2.45, 2.75) is 34.3 Å². The summed E-state index contributed by atoms with van der Waals surface area (Å²) in [4.78, 5) is 13.7. The lowest BCUT2D eigenvalue weighted by Crippen LogP contribution is -2.43. The molecule has 1 amide bonds.